The molecule has 0 bridgehead atoms. The number of nitrogens with zero attached hydrogens (tertiary/aromatic N) is 4. The molecular weight excluding hydrogens is 332 g/mol. The number of rotatable bonds is 0. The Kier molecular flexibility index (Phi) is 3.86. The van der Waals surface area contributed by atoms with Crippen molar-refractivity contribution in [3.8, 4) is 11.4 Å². The Balaban J connectivity index is 1.74. The number of ether oxygens (including phenoxy) is 1. The van der Waals surface area contributed by atoms with Gasteiger partial charge in [-0.15, -0.1) is 0 Å². The van der Waals surface area contributed by atoms with Crippen LogP contribution in [0.25, 0.3) is 11.4 Å². The van der Waals surface area contributed by atoms with Gasteiger partial charge in [0.25, 0.3) is 0 Å². The summed E-state index contributed by atoms with van der Waals surface area (Å²) >= 11 is 0. The van der Waals surface area contributed by atoms with Crippen molar-refractivity contribution in [1.29, 1.82) is 0 Å². The number of aryl methyl sites for hydroxylation is 2. The van der Waals surface area contributed by atoms with Crippen LogP contribution in [0.3, 0.4) is 0 Å². The summed E-state index contributed by atoms with van der Waals surface area (Å²) in [6.45, 7) is 11.0. The molecule has 2 aliphatic heterocycles. The average Bonchev–Trinajstić information content (AvgIpc) is 2.99. The Morgan fingerprint density at radius 2 is 2.08 bits per heavy atom. The average molecular weight is 358 g/mol. The van der Waals surface area contributed by atoms with Crippen LogP contribution in [0.5, 0.6) is 0 Å². The number of aromatic nitrogens is 3. The van der Waals surface area contributed by atoms with Crippen LogP contribution in [0.1, 0.15) is 56.7 Å². The van der Waals surface area contributed by atoms with Gasteiger partial charge < -0.3 is 14.2 Å². The van der Waals surface area contributed by atoms with Crippen molar-refractivity contribution in [3.05, 3.63) is 22.6 Å². The minimum Gasteiger partial charge on any atom is -0.444 e. The number of carbonyl (C=O) groups excluding carboxylic acids is 1. The molecule has 0 N–H and O–H groups in total. The lowest BCUT2D eigenvalue weighted by Gasteiger charge is -2.34. The fraction of sp³-hybridized carbons (Fsp3) is 0.632. The maximum absolute atomic E-state index is 12.7. The number of hydrogen-bond donors (Lipinski definition) is 0. The predicted octanol–water partition coefficient (Wildman–Crippen LogP) is 3.47. The highest BCUT2D eigenvalue weighted by atomic mass is 16.6. The molecule has 0 saturated carbocycles. The molecule has 0 aromatic carbocycles. The third-order valence-electron chi connectivity index (χ3n) is 5.12. The van der Waals surface area contributed by atoms with Gasteiger partial charge in [-0.3, -0.25) is 4.68 Å². The monoisotopic (exact) mass is 358 g/mol. The summed E-state index contributed by atoms with van der Waals surface area (Å²) in [7, 11) is 0. The van der Waals surface area contributed by atoms with Crippen molar-refractivity contribution < 1.29 is 14.1 Å². The largest absolute Gasteiger partial charge is 0.444 e. The van der Waals surface area contributed by atoms with E-state index in [0.29, 0.717) is 6.54 Å². The van der Waals surface area contributed by atoms with E-state index in [1.54, 1.807) is 4.90 Å². The number of fused-ring (bicyclic) bond motifs is 5. The van der Waals surface area contributed by atoms with Crippen molar-refractivity contribution in [2.24, 2.45) is 0 Å². The second kappa shape index (κ2) is 5.86. The second-order valence-electron chi connectivity index (χ2n) is 8.33. The predicted molar refractivity (Wildman–Crippen MR) is 95.7 cm³/mol. The lowest BCUT2D eigenvalue weighted by Crippen LogP contribution is -2.45. The Hall–Kier alpha value is -2.31. The zero-order chi connectivity index (χ0) is 18.6. The Morgan fingerprint density at radius 1 is 1.31 bits per heavy atom. The van der Waals surface area contributed by atoms with E-state index in [1.165, 1.54) is 0 Å². The summed E-state index contributed by atoms with van der Waals surface area (Å²) in [5.41, 5.74) is 4.67. The molecule has 2 aliphatic rings. The first-order valence-corrected chi connectivity index (χ1v) is 9.28. The smallest absolute Gasteiger partial charge is 0.410 e. The number of carbonyl (C=O) groups is 1. The van der Waals surface area contributed by atoms with Gasteiger partial charge in [0, 0.05) is 30.1 Å². The maximum atomic E-state index is 12.7. The highest BCUT2D eigenvalue weighted by Gasteiger charge is 2.36. The molecular formula is C19H26N4O3. The third-order valence-corrected chi connectivity index (χ3v) is 5.12. The molecule has 0 radical (unpaired) electrons. The molecule has 1 amide bonds. The lowest BCUT2D eigenvalue weighted by molar-refractivity contribution is 0.0138. The zero-order valence-electron chi connectivity index (χ0n) is 16.1. The minimum absolute atomic E-state index is 0.0509. The summed E-state index contributed by atoms with van der Waals surface area (Å²) < 4.78 is 13.1. The van der Waals surface area contributed by atoms with E-state index in [2.05, 4.69) is 5.16 Å². The molecule has 0 unspecified atom stereocenters. The van der Waals surface area contributed by atoms with Gasteiger partial charge in [0.15, 0.2) is 0 Å². The van der Waals surface area contributed by atoms with Gasteiger partial charge in [0.05, 0.1) is 17.9 Å². The number of hydrogen-bond acceptors (Lipinski definition) is 5. The van der Waals surface area contributed by atoms with Crippen LogP contribution < -0.4 is 0 Å². The van der Waals surface area contributed by atoms with Gasteiger partial charge in [0.2, 0.25) is 0 Å². The molecule has 0 saturated heterocycles. The van der Waals surface area contributed by atoms with Crippen LogP contribution in [0.4, 0.5) is 4.79 Å². The van der Waals surface area contributed by atoms with Crippen LogP contribution in [0, 0.1) is 6.92 Å². The van der Waals surface area contributed by atoms with Gasteiger partial charge >= 0.3 is 6.09 Å². The zero-order valence-corrected chi connectivity index (χ0v) is 16.1. The third kappa shape index (κ3) is 2.79. The van der Waals surface area contributed by atoms with Crippen molar-refractivity contribution in [3.63, 3.8) is 0 Å². The summed E-state index contributed by atoms with van der Waals surface area (Å²) in [6, 6.07) is 0.0509. The molecule has 7 nitrogen and oxygen atoms in total. The van der Waals surface area contributed by atoms with Gasteiger partial charge in [-0.25, -0.2) is 4.79 Å². The van der Waals surface area contributed by atoms with Gasteiger partial charge in [0.1, 0.15) is 17.1 Å². The van der Waals surface area contributed by atoms with E-state index in [-0.39, 0.29) is 12.1 Å². The van der Waals surface area contributed by atoms with Crippen LogP contribution in [-0.4, -0.2) is 37.6 Å². The van der Waals surface area contributed by atoms with Gasteiger partial charge in [-0.1, -0.05) is 5.16 Å². The van der Waals surface area contributed by atoms with Crippen LogP contribution in [0.15, 0.2) is 4.52 Å². The molecule has 4 rings (SSSR count). The van der Waals surface area contributed by atoms with Crippen molar-refractivity contribution in [1.82, 2.24) is 19.8 Å². The minimum atomic E-state index is -0.511. The lowest BCUT2D eigenvalue weighted by atomic mass is 9.97. The summed E-state index contributed by atoms with van der Waals surface area (Å²) in [5, 5.41) is 9.15. The van der Waals surface area contributed by atoms with Gasteiger partial charge in [-0.2, -0.15) is 5.10 Å². The molecule has 140 valence electrons. The first-order chi connectivity index (χ1) is 12.2. The van der Waals surface area contributed by atoms with E-state index < -0.39 is 5.60 Å². The van der Waals surface area contributed by atoms with E-state index in [0.717, 1.165) is 59.8 Å². The normalized spacial score (nSPS) is 19.4. The summed E-state index contributed by atoms with van der Waals surface area (Å²) in [5.74, 6) is 0.872. The fourth-order valence-electron chi connectivity index (χ4n) is 3.86. The molecule has 4 heterocycles. The standard InChI is InChI=1S/C19H26N4O3/c1-11-9-15-14(10-22(11)18(24)25-19(3,4)5)17-16-13(12(2)26-21-16)7-6-8-23(17)20-15/h11H,6-10H2,1-5H3/t11-/m1/s1. The molecule has 0 fully saturated rings. The summed E-state index contributed by atoms with van der Waals surface area (Å²) in [4.78, 5) is 14.5. The van der Waals surface area contributed by atoms with Crippen molar-refractivity contribution in [2.45, 2.75) is 78.6 Å². The van der Waals surface area contributed by atoms with E-state index in [9.17, 15) is 4.79 Å². The van der Waals surface area contributed by atoms with E-state index >= 15 is 0 Å². The molecule has 2 aromatic heterocycles. The first kappa shape index (κ1) is 17.1. The molecule has 0 aliphatic carbocycles. The van der Waals surface area contributed by atoms with E-state index in [1.807, 2.05) is 39.3 Å². The second-order valence-corrected chi connectivity index (χ2v) is 8.33. The Bertz CT molecular complexity index is 859. The molecule has 26 heavy (non-hydrogen) atoms. The van der Waals surface area contributed by atoms with Crippen LogP contribution >= 0.6 is 0 Å². The Labute approximate surface area is 153 Å². The Morgan fingerprint density at radius 3 is 2.81 bits per heavy atom. The first-order valence-electron chi connectivity index (χ1n) is 9.28. The highest BCUT2D eigenvalue weighted by molar-refractivity contribution is 5.71. The summed E-state index contributed by atoms with van der Waals surface area (Å²) in [6.07, 6.45) is 2.39. The highest BCUT2D eigenvalue weighted by Crippen LogP contribution is 2.37. The van der Waals surface area contributed by atoms with E-state index in [4.69, 9.17) is 14.4 Å². The SMILES string of the molecule is Cc1onc2c1CCCn1nc3c(c1-2)CN(C(=O)OC(C)(C)C)[C@H](C)C3. The number of amides is 1. The maximum Gasteiger partial charge on any atom is 0.410 e. The van der Waals surface area contributed by atoms with Crippen LogP contribution in [-0.2, 0) is 30.7 Å². The fourth-order valence-corrected chi connectivity index (χ4v) is 3.86. The molecule has 2 aromatic rings. The molecule has 0 spiro atoms. The van der Waals surface area contributed by atoms with Crippen LogP contribution in [0.2, 0.25) is 0 Å². The molecule has 7 heteroatoms. The topological polar surface area (TPSA) is 73.4 Å². The molecule has 1 atom stereocenters. The van der Waals surface area contributed by atoms with Crippen molar-refractivity contribution in [2.75, 3.05) is 0 Å². The quantitative estimate of drug-likeness (QED) is 0.721. The van der Waals surface area contributed by atoms with Crippen molar-refractivity contribution >= 4 is 6.09 Å². The van der Waals surface area contributed by atoms with Gasteiger partial charge in [-0.05, 0) is 47.5 Å².